The third-order valence-corrected chi connectivity index (χ3v) is 6.83. The van der Waals surface area contributed by atoms with E-state index in [-0.39, 0.29) is 19.8 Å². The maximum absolute atomic E-state index is 12.1. The van der Waals surface area contributed by atoms with Crippen molar-refractivity contribution in [3.63, 3.8) is 0 Å². The minimum Gasteiger partial charge on any atom is -0.467 e. The first-order valence-electron chi connectivity index (χ1n) is 13.3. The number of hydrogen-bond acceptors (Lipinski definition) is 13. The fraction of sp³-hybridized carbons (Fsp3) is 0.448. The number of hydrogen-bond donors (Lipinski definition) is 0. The summed E-state index contributed by atoms with van der Waals surface area (Å²) in [6, 6.07) is 18.8. The van der Waals surface area contributed by atoms with Gasteiger partial charge in [-0.1, -0.05) is 60.7 Å². The number of carbonyl (C=O) groups excluding carboxylic acids is 4. The molecule has 1 heterocycles. The van der Waals surface area contributed by atoms with Gasteiger partial charge in [0.05, 0.1) is 26.9 Å². The molecule has 0 spiro atoms. The first-order chi connectivity index (χ1) is 20.7. The van der Waals surface area contributed by atoms with Crippen molar-refractivity contribution in [1.82, 2.24) is 0 Å². The molecule has 0 aliphatic carbocycles. The molecule has 5 atom stereocenters. The number of ether oxygens (including phenoxy) is 6. The van der Waals surface area contributed by atoms with Gasteiger partial charge >= 0.3 is 32.5 Å². The smallest absolute Gasteiger partial charge is 0.333 e. The van der Waals surface area contributed by atoms with Crippen LogP contribution in [0.1, 0.15) is 31.9 Å². The van der Waals surface area contributed by atoms with E-state index in [0.29, 0.717) is 0 Å². The van der Waals surface area contributed by atoms with E-state index in [4.69, 9.17) is 37.3 Å². The van der Waals surface area contributed by atoms with E-state index in [1.807, 2.05) is 60.7 Å². The standard InChI is InChI=1S/C29H35O13P/c1-19(30)39-26-24(42-29(35-18-25(33)34-4)28(41-21(3)32)27(26)40-20(2)31)17-38-43(36-15-22-11-7-5-8-12-22)37-16-23-13-9-6-10-14-23/h5-14,24,26-29H,15-18H2,1-4H3/t24?,26-,27-,28?,29+/m0/s1. The zero-order chi connectivity index (χ0) is 31.2. The fourth-order valence-corrected chi connectivity index (χ4v) is 4.98. The Morgan fingerprint density at radius 1 is 0.698 bits per heavy atom. The van der Waals surface area contributed by atoms with Crippen LogP contribution in [-0.4, -0.2) is 74.9 Å². The minimum absolute atomic E-state index is 0.176. The highest BCUT2D eigenvalue weighted by atomic mass is 31.2. The molecule has 0 radical (unpaired) electrons. The highest BCUT2D eigenvalue weighted by Gasteiger charge is 2.53. The van der Waals surface area contributed by atoms with Gasteiger partial charge in [-0.05, 0) is 11.1 Å². The molecule has 13 nitrogen and oxygen atoms in total. The summed E-state index contributed by atoms with van der Waals surface area (Å²) in [6.07, 6.45) is -6.67. The van der Waals surface area contributed by atoms with E-state index in [0.717, 1.165) is 31.9 Å². The fourth-order valence-electron chi connectivity index (χ4n) is 3.98. The Balaban J connectivity index is 1.84. The summed E-state index contributed by atoms with van der Waals surface area (Å²) < 4.78 is 50.3. The lowest BCUT2D eigenvalue weighted by atomic mass is 9.98. The normalized spacial score (nSPS) is 21.6. The first kappa shape index (κ1) is 34.0. The molecule has 43 heavy (non-hydrogen) atoms. The second-order valence-electron chi connectivity index (χ2n) is 9.19. The van der Waals surface area contributed by atoms with Crippen LogP contribution in [0.3, 0.4) is 0 Å². The van der Waals surface area contributed by atoms with Crippen LogP contribution >= 0.6 is 8.60 Å². The van der Waals surface area contributed by atoms with Crippen molar-refractivity contribution in [3.8, 4) is 0 Å². The van der Waals surface area contributed by atoms with Crippen molar-refractivity contribution in [2.45, 2.75) is 64.7 Å². The van der Waals surface area contributed by atoms with Crippen LogP contribution in [0.25, 0.3) is 0 Å². The van der Waals surface area contributed by atoms with Gasteiger partial charge < -0.3 is 42.0 Å². The van der Waals surface area contributed by atoms with Crippen molar-refractivity contribution in [2.75, 3.05) is 20.3 Å². The molecular weight excluding hydrogens is 587 g/mol. The van der Waals surface area contributed by atoms with Crippen molar-refractivity contribution >= 4 is 32.5 Å². The molecule has 2 aromatic rings. The second kappa shape index (κ2) is 17.6. The maximum Gasteiger partial charge on any atom is 0.333 e. The summed E-state index contributed by atoms with van der Waals surface area (Å²) in [6.45, 7) is 2.89. The van der Waals surface area contributed by atoms with Gasteiger partial charge in [-0.3, -0.25) is 14.4 Å². The topological polar surface area (TPSA) is 151 Å². The largest absolute Gasteiger partial charge is 0.467 e. The molecule has 1 fully saturated rings. The summed E-state index contributed by atoms with van der Waals surface area (Å²) in [7, 11) is -0.826. The summed E-state index contributed by atoms with van der Waals surface area (Å²) >= 11 is 0. The number of rotatable bonds is 15. The Morgan fingerprint density at radius 2 is 1.19 bits per heavy atom. The molecule has 0 amide bonds. The summed E-state index contributed by atoms with van der Waals surface area (Å²) in [4.78, 5) is 47.9. The Morgan fingerprint density at radius 3 is 1.67 bits per heavy atom. The third-order valence-electron chi connectivity index (χ3n) is 5.79. The average molecular weight is 623 g/mol. The van der Waals surface area contributed by atoms with Crippen LogP contribution < -0.4 is 0 Å². The van der Waals surface area contributed by atoms with Gasteiger partial charge in [0.1, 0.15) is 12.7 Å². The Hall–Kier alpha value is -3.45. The number of benzene rings is 2. The number of esters is 4. The van der Waals surface area contributed by atoms with E-state index < -0.39 is 69.8 Å². The minimum atomic E-state index is -1.99. The average Bonchev–Trinajstić information content (AvgIpc) is 2.98. The lowest BCUT2D eigenvalue weighted by Crippen LogP contribution is -2.63. The maximum atomic E-state index is 12.1. The summed E-state index contributed by atoms with van der Waals surface area (Å²) in [5.41, 5.74) is 1.76. The lowest BCUT2D eigenvalue weighted by Gasteiger charge is -2.44. The van der Waals surface area contributed by atoms with Gasteiger partial charge in [0.25, 0.3) is 0 Å². The molecule has 1 saturated heterocycles. The Kier molecular flexibility index (Phi) is 13.9. The molecule has 3 rings (SSSR count). The quantitative estimate of drug-likeness (QED) is 0.162. The summed E-state index contributed by atoms with van der Waals surface area (Å²) in [5.74, 6) is -2.99. The summed E-state index contributed by atoms with van der Waals surface area (Å²) in [5, 5.41) is 0. The van der Waals surface area contributed by atoms with Gasteiger partial charge in [-0.25, -0.2) is 4.79 Å². The van der Waals surface area contributed by atoms with Crippen LogP contribution in [-0.2, 0) is 74.4 Å². The van der Waals surface area contributed by atoms with Gasteiger partial charge in [0, 0.05) is 20.8 Å². The van der Waals surface area contributed by atoms with Crippen LogP contribution in [0.15, 0.2) is 60.7 Å². The van der Waals surface area contributed by atoms with Crippen LogP contribution in [0.5, 0.6) is 0 Å². The molecule has 14 heteroatoms. The Labute approximate surface area is 250 Å². The predicted octanol–water partition coefficient (Wildman–Crippen LogP) is 3.37. The molecule has 0 N–H and O–H groups in total. The molecule has 0 bridgehead atoms. The van der Waals surface area contributed by atoms with Crippen LogP contribution in [0.2, 0.25) is 0 Å². The van der Waals surface area contributed by atoms with Crippen molar-refractivity contribution in [1.29, 1.82) is 0 Å². The first-order valence-corrected chi connectivity index (χ1v) is 14.4. The number of carbonyl (C=O) groups is 4. The van der Waals surface area contributed by atoms with E-state index in [2.05, 4.69) is 4.74 Å². The van der Waals surface area contributed by atoms with Gasteiger partial charge in [0.2, 0.25) is 0 Å². The monoisotopic (exact) mass is 622 g/mol. The molecule has 234 valence electrons. The molecule has 2 unspecified atom stereocenters. The van der Waals surface area contributed by atoms with Crippen molar-refractivity contribution in [3.05, 3.63) is 71.8 Å². The zero-order valence-electron chi connectivity index (χ0n) is 24.2. The van der Waals surface area contributed by atoms with E-state index >= 15 is 0 Å². The van der Waals surface area contributed by atoms with E-state index in [9.17, 15) is 19.2 Å². The molecular formula is C29H35O13P. The highest BCUT2D eigenvalue weighted by molar-refractivity contribution is 7.41. The van der Waals surface area contributed by atoms with Gasteiger partial charge in [-0.2, -0.15) is 0 Å². The third kappa shape index (κ3) is 11.6. The molecule has 0 saturated carbocycles. The van der Waals surface area contributed by atoms with Crippen molar-refractivity contribution in [2.24, 2.45) is 0 Å². The SMILES string of the molecule is COC(=O)CO[C@@H]1OC(COP(OCc2ccccc2)OCc2ccccc2)[C@H](OC(C)=O)[C@H](OC(C)=O)C1OC(C)=O. The van der Waals surface area contributed by atoms with Crippen LogP contribution in [0.4, 0.5) is 0 Å². The predicted molar refractivity (Wildman–Crippen MR) is 149 cm³/mol. The molecule has 0 aromatic heterocycles. The highest BCUT2D eigenvalue weighted by Crippen LogP contribution is 2.43. The molecule has 1 aliphatic heterocycles. The van der Waals surface area contributed by atoms with Crippen LogP contribution in [0, 0.1) is 0 Å². The lowest BCUT2D eigenvalue weighted by molar-refractivity contribution is -0.306. The molecule has 1 aliphatic rings. The van der Waals surface area contributed by atoms with E-state index in [1.165, 1.54) is 7.11 Å². The van der Waals surface area contributed by atoms with Crippen molar-refractivity contribution < 1.29 is 61.2 Å². The molecule has 2 aromatic carbocycles. The van der Waals surface area contributed by atoms with Gasteiger partial charge in [0.15, 0.2) is 24.6 Å². The zero-order valence-corrected chi connectivity index (χ0v) is 25.1. The van der Waals surface area contributed by atoms with E-state index in [1.54, 1.807) is 0 Å². The Bertz CT molecular complexity index is 1140. The second-order valence-corrected chi connectivity index (χ2v) is 10.4. The van der Waals surface area contributed by atoms with Gasteiger partial charge in [-0.15, -0.1) is 0 Å². The number of methoxy groups -OCH3 is 1.